The van der Waals surface area contributed by atoms with E-state index in [1.54, 1.807) is 0 Å². The highest BCUT2D eigenvalue weighted by Crippen LogP contribution is 2.14. The highest BCUT2D eigenvalue weighted by molar-refractivity contribution is 7.80. The molecule has 0 aromatic carbocycles. The van der Waals surface area contributed by atoms with Crippen LogP contribution in [0.4, 0.5) is 0 Å². The molecule has 1 aromatic heterocycles. The summed E-state index contributed by atoms with van der Waals surface area (Å²) in [4.78, 5) is 4.12. The van der Waals surface area contributed by atoms with Crippen molar-refractivity contribution in [1.82, 2.24) is 4.98 Å². The predicted molar refractivity (Wildman–Crippen MR) is 51.5 cm³/mol. The van der Waals surface area contributed by atoms with E-state index in [1.807, 2.05) is 19.1 Å². The van der Waals surface area contributed by atoms with Gasteiger partial charge in [0.2, 0.25) is 0 Å². The second-order valence-corrected chi connectivity index (χ2v) is 3.18. The Balaban J connectivity index is 2.90. The molecule has 0 aliphatic carbocycles. The van der Waals surface area contributed by atoms with Crippen LogP contribution in [-0.4, -0.2) is 10.7 Å². The van der Waals surface area contributed by atoms with Crippen LogP contribution in [0.5, 0.6) is 0 Å². The Morgan fingerprint density at radius 3 is 2.82 bits per heavy atom. The van der Waals surface area contributed by atoms with Gasteiger partial charge in [-0.25, -0.2) is 4.98 Å². The molecule has 0 unspecified atom stereocenters. The minimum Gasteiger partial charge on any atom is -0.241 e. The topological polar surface area (TPSA) is 12.9 Å². The molecule has 0 N–H and O–H groups in total. The average molecular weight is 188 g/mol. The zero-order valence-corrected chi connectivity index (χ0v) is 7.99. The van der Waals surface area contributed by atoms with Gasteiger partial charge in [-0.1, -0.05) is 17.7 Å². The van der Waals surface area contributed by atoms with Crippen LogP contribution in [0.2, 0.25) is 5.15 Å². The lowest BCUT2D eigenvalue weighted by atomic mass is 10.2. The van der Waals surface area contributed by atoms with Crippen molar-refractivity contribution >= 4 is 24.2 Å². The quantitative estimate of drug-likeness (QED) is 0.555. The zero-order chi connectivity index (χ0) is 8.27. The van der Waals surface area contributed by atoms with Crippen molar-refractivity contribution in [2.75, 3.05) is 5.75 Å². The summed E-state index contributed by atoms with van der Waals surface area (Å²) < 4.78 is 0. The highest BCUT2D eigenvalue weighted by atomic mass is 35.5. The number of thiol groups is 1. The Morgan fingerprint density at radius 2 is 2.27 bits per heavy atom. The number of hydrogen-bond acceptors (Lipinski definition) is 2. The molecule has 0 amide bonds. The van der Waals surface area contributed by atoms with Crippen molar-refractivity contribution in [1.29, 1.82) is 0 Å². The zero-order valence-electron chi connectivity index (χ0n) is 6.34. The maximum absolute atomic E-state index is 5.86. The number of hydrogen-bond donors (Lipinski definition) is 1. The van der Waals surface area contributed by atoms with Gasteiger partial charge in [0, 0.05) is 5.69 Å². The molecule has 1 aromatic rings. The first-order valence-electron chi connectivity index (χ1n) is 3.47. The summed E-state index contributed by atoms with van der Waals surface area (Å²) in [6.07, 6.45) is 0.884. The minimum atomic E-state index is 0.610. The molecule has 3 heteroatoms. The molecule has 0 aliphatic rings. The third-order valence-electron chi connectivity index (χ3n) is 1.45. The second kappa shape index (κ2) is 3.98. The molecule has 0 spiro atoms. The lowest BCUT2D eigenvalue weighted by Crippen LogP contribution is -1.91. The Bertz CT molecular complexity index is 250. The molecular formula is C8H10ClNS. The van der Waals surface area contributed by atoms with Crippen LogP contribution in [0, 0.1) is 6.92 Å². The molecular weight excluding hydrogens is 178 g/mol. The van der Waals surface area contributed by atoms with Gasteiger partial charge in [0.15, 0.2) is 0 Å². The number of halogens is 1. The van der Waals surface area contributed by atoms with Crippen LogP contribution < -0.4 is 0 Å². The van der Waals surface area contributed by atoms with E-state index in [0.29, 0.717) is 5.15 Å². The van der Waals surface area contributed by atoms with Crippen LogP contribution in [0.3, 0.4) is 0 Å². The van der Waals surface area contributed by atoms with Crippen LogP contribution >= 0.6 is 24.2 Å². The smallest absolute Gasteiger partial charge is 0.132 e. The highest BCUT2D eigenvalue weighted by Gasteiger charge is 1.99. The molecule has 0 bridgehead atoms. The van der Waals surface area contributed by atoms with Gasteiger partial charge in [-0.15, -0.1) is 0 Å². The second-order valence-electron chi connectivity index (χ2n) is 2.38. The summed E-state index contributed by atoms with van der Waals surface area (Å²) >= 11 is 9.98. The molecule has 0 saturated heterocycles. The Morgan fingerprint density at radius 1 is 1.55 bits per heavy atom. The van der Waals surface area contributed by atoms with E-state index >= 15 is 0 Å². The summed E-state index contributed by atoms with van der Waals surface area (Å²) in [5.74, 6) is 0.810. The first-order valence-corrected chi connectivity index (χ1v) is 4.48. The Labute approximate surface area is 77.2 Å². The summed E-state index contributed by atoms with van der Waals surface area (Å²) in [5.41, 5.74) is 2.03. The van der Waals surface area contributed by atoms with Crippen molar-refractivity contribution < 1.29 is 0 Å². The molecule has 0 saturated carbocycles. The van der Waals surface area contributed by atoms with Gasteiger partial charge in [0.05, 0.1) is 0 Å². The Hall–Kier alpha value is -0.210. The molecule has 0 fully saturated rings. The van der Waals surface area contributed by atoms with Gasteiger partial charge in [-0.3, -0.25) is 0 Å². The summed E-state index contributed by atoms with van der Waals surface area (Å²) in [7, 11) is 0. The van der Waals surface area contributed by atoms with E-state index in [-0.39, 0.29) is 0 Å². The van der Waals surface area contributed by atoms with E-state index in [1.165, 1.54) is 0 Å². The lowest BCUT2D eigenvalue weighted by molar-refractivity contribution is 1.09. The van der Waals surface area contributed by atoms with Gasteiger partial charge >= 0.3 is 0 Å². The fourth-order valence-corrected chi connectivity index (χ4v) is 1.39. The monoisotopic (exact) mass is 187 g/mol. The van der Waals surface area contributed by atoms with Crippen LogP contribution in [0.1, 0.15) is 11.3 Å². The number of nitrogens with zero attached hydrogens (tertiary/aromatic N) is 1. The first kappa shape index (κ1) is 8.88. The third-order valence-corrected chi connectivity index (χ3v) is 2.00. The molecule has 1 nitrogen and oxygen atoms in total. The largest absolute Gasteiger partial charge is 0.241 e. The van der Waals surface area contributed by atoms with Crippen molar-refractivity contribution in [3.63, 3.8) is 0 Å². The van der Waals surface area contributed by atoms with Crippen LogP contribution in [0.15, 0.2) is 12.1 Å². The molecule has 0 aliphatic heterocycles. The molecule has 60 valence electrons. The van der Waals surface area contributed by atoms with E-state index < -0.39 is 0 Å². The fraction of sp³-hybridized carbons (Fsp3) is 0.375. The number of aryl methyl sites for hydroxylation is 2. The molecule has 1 rings (SSSR count). The van der Waals surface area contributed by atoms with E-state index in [2.05, 4.69) is 17.6 Å². The number of pyridine rings is 1. The number of aromatic nitrogens is 1. The average Bonchev–Trinajstić information content (AvgIpc) is 1.95. The maximum atomic E-state index is 5.86. The first-order chi connectivity index (χ1) is 5.24. The predicted octanol–water partition coefficient (Wildman–Crippen LogP) is 2.52. The normalized spacial score (nSPS) is 10.1. The summed E-state index contributed by atoms with van der Waals surface area (Å²) in [5, 5.41) is 0.610. The van der Waals surface area contributed by atoms with Crippen LogP contribution in [0.25, 0.3) is 0 Å². The van der Waals surface area contributed by atoms with Crippen LogP contribution in [-0.2, 0) is 6.42 Å². The van der Waals surface area contributed by atoms with Gasteiger partial charge in [-0.05, 0) is 30.7 Å². The maximum Gasteiger partial charge on any atom is 0.132 e. The SMILES string of the molecule is Cc1ccc(CCS)c(Cl)n1. The fourth-order valence-electron chi connectivity index (χ4n) is 0.861. The van der Waals surface area contributed by atoms with Crippen molar-refractivity contribution in [2.24, 2.45) is 0 Å². The minimum absolute atomic E-state index is 0.610. The van der Waals surface area contributed by atoms with Crippen molar-refractivity contribution in [3.8, 4) is 0 Å². The van der Waals surface area contributed by atoms with E-state index in [4.69, 9.17) is 11.6 Å². The standard InChI is InChI=1S/C8H10ClNS/c1-6-2-3-7(4-5-11)8(9)10-6/h2-3,11H,4-5H2,1H3. The molecule has 0 atom stereocenters. The molecule has 11 heavy (non-hydrogen) atoms. The summed E-state index contributed by atoms with van der Waals surface area (Å²) in [6, 6.07) is 3.96. The third kappa shape index (κ3) is 2.38. The van der Waals surface area contributed by atoms with Gasteiger partial charge in [0.1, 0.15) is 5.15 Å². The van der Waals surface area contributed by atoms with Crippen molar-refractivity contribution in [2.45, 2.75) is 13.3 Å². The van der Waals surface area contributed by atoms with Crippen molar-refractivity contribution in [3.05, 3.63) is 28.5 Å². The van der Waals surface area contributed by atoms with Gasteiger partial charge in [-0.2, -0.15) is 12.6 Å². The van der Waals surface area contributed by atoms with E-state index in [0.717, 1.165) is 23.4 Å². The van der Waals surface area contributed by atoms with Gasteiger partial charge in [0.25, 0.3) is 0 Å². The molecule has 1 heterocycles. The van der Waals surface area contributed by atoms with Gasteiger partial charge < -0.3 is 0 Å². The summed E-state index contributed by atoms with van der Waals surface area (Å²) in [6.45, 7) is 1.93. The van der Waals surface area contributed by atoms with E-state index in [9.17, 15) is 0 Å². The molecule has 0 radical (unpaired) electrons. The number of rotatable bonds is 2. The lowest BCUT2D eigenvalue weighted by Gasteiger charge is -2.00. The Kier molecular flexibility index (Phi) is 3.21.